The van der Waals surface area contributed by atoms with Gasteiger partial charge in [-0.3, -0.25) is 4.79 Å². The Morgan fingerprint density at radius 1 is 0.750 bits per heavy atom. The van der Waals surface area contributed by atoms with Gasteiger partial charge >= 0.3 is 0 Å². The van der Waals surface area contributed by atoms with E-state index in [-0.39, 0.29) is 5.24 Å². The highest BCUT2D eigenvalue weighted by Gasteiger charge is 1.97. The van der Waals surface area contributed by atoms with Crippen molar-refractivity contribution in [1.29, 1.82) is 0 Å². The minimum absolute atomic E-state index is 0.194. The molecule has 0 unspecified atom stereocenters. The summed E-state index contributed by atoms with van der Waals surface area (Å²) in [6.45, 7) is 1.61. The van der Waals surface area contributed by atoms with Crippen LogP contribution in [0, 0.1) is 0 Å². The summed E-state index contributed by atoms with van der Waals surface area (Å²) >= 11 is 5.31. The summed E-state index contributed by atoms with van der Waals surface area (Å²) in [5, 5.41) is -0.194. The van der Waals surface area contributed by atoms with Gasteiger partial charge in [0.1, 0.15) is 0 Å². The quantitative estimate of drug-likeness (QED) is 0.246. The molecular weight excluding hydrogens is 320 g/mol. The molecule has 0 fully saturated rings. The third kappa shape index (κ3) is 13.6. The van der Waals surface area contributed by atoms with Crippen LogP contribution in [0.25, 0.3) is 0 Å². The van der Waals surface area contributed by atoms with Crippen molar-refractivity contribution in [2.75, 3.05) is 6.61 Å². The highest BCUT2D eigenvalue weighted by Crippen LogP contribution is 2.12. The van der Waals surface area contributed by atoms with Gasteiger partial charge < -0.3 is 4.74 Å². The van der Waals surface area contributed by atoms with Crippen LogP contribution < -0.4 is 0 Å². The Morgan fingerprint density at radius 2 is 1.25 bits per heavy atom. The highest BCUT2D eigenvalue weighted by molar-refractivity contribution is 6.63. The van der Waals surface area contributed by atoms with Crippen LogP contribution >= 0.6 is 11.6 Å². The van der Waals surface area contributed by atoms with Gasteiger partial charge in [-0.1, -0.05) is 88.1 Å². The maximum Gasteiger partial charge on any atom is 0.221 e. The third-order valence-corrected chi connectivity index (χ3v) is 4.46. The second-order valence-corrected chi connectivity index (χ2v) is 6.95. The first-order valence-electron chi connectivity index (χ1n) is 9.59. The predicted molar refractivity (Wildman–Crippen MR) is 102 cm³/mol. The van der Waals surface area contributed by atoms with E-state index in [1.54, 1.807) is 0 Å². The van der Waals surface area contributed by atoms with Crippen molar-refractivity contribution in [2.45, 2.75) is 83.7 Å². The van der Waals surface area contributed by atoms with Crippen molar-refractivity contribution in [2.24, 2.45) is 0 Å². The zero-order valence-electron chi connectivity index (χ0n) is 15.0. The van der Waals surface area contributed by atoms with Crippen molar-refractivity contribution in [3.63, 3.8) is 0 Å². The smallest absolute Gasteiger partial charge is 0.221 e. The lowest BCUT2D eigenvalue weighted by molar-refractivity contribution is -0.111. The van der Waals surface area contributed by atoms with Crippen LogP contribution in [0.2, 0.25) is 0 Å². The zero-order chi connectivity index (χ0) is 17.3. The molecule has 0 saturated carbocycles. The van der Waals surface area contributed by atoms with Crippen LogP contribution in [0.1, 0.15) is 82.6 Å². The molecule has 0 aliphatic heterocycles. The van der Waals surface area contributed by atoms with E-state index >= 15 is 0 Å². The van der Waals surface area contributed by atoms with E-state index in [0.717, 1.165) is 26.1 Å². The summed E-state index contributed by atoms with van der Waals surface area (Å²) in [4.78, 5) is 10.6. The fourth-order valence-corrected chi connectivity index (χ4v) is 2.96. The first-order valence-corrected chi connectivity index (χ1v) is 9.97. The molecule has 0 bridgehead atoms. The maximum absolute atomic E-state index is 10.6. The van der Waals surface area contributed by atoms with E-state index in [2.05, 4.69) is 24.3 Å². The zero-order valence-corrected chi connectivity index (χ0v) is 15.7. The second-order valence-electron chi connectivity index (χ2n) is 6.53. The molecule has 0 radical (unpaired) electrons. The number of hydrogen-bond donors (Lipinski definition) is 0. The van der Waals surface area contributed by atoms with Crippen molar-refractivity contribution >= 4 is 16.8 Å². The van der Waals surface area contributed by atoms with Crippen molar-refractivity contribution in [1.82, 2.24) is 0 Å². The van der Waals surface area contributed by atoms with Crippen molar-refractivity contribution in [3.05, 3.63) is 35.9 Å². The van der Waals surface area contributed by atoms with E-state index in [0.29, 0.717) is 6.42 Å². The van der Waals surface area contributed by atoms with Gasteiger partial charge in [0.25, 0.3) is 0 Å². The molecule has 3 heteroatoms. The minimum Gasteiger partial charge on any atom is -0.377 e. The molecule has 0 spiro atoms. The molecule has 0 amide bonds. The molecule has 136 valence electrons. The number of halogens is 1. The Bertz CT molecular complexity index is 406. The lowest BCUT2D eigenvalue weighted by Crippen LogP contribution is -1.95. The number of hydrogen-bond acceptors (Lipinski definition) is 2. The van der Waals surface area contributed by atoms with Gasteiger partial charge in [0.15, 0.2) is 0 Å². The Balaban J connectivity index is 1.72. The molecule has 0 aromatic heterocycles. The molecule has 1 aromatic carbocycles. The topological polar surface area (TPSA) is 26.3 Å². The van der Waals surface area contributed by atoms with Crippen molar-refractivity contribution in [3.8, 4) is 0 Å². The standard InChI is InChI=1S/C21H33ClO2/c22-21(23)17-13-8-6-4-2-1-3-5-7-9-14-18-24-19-20-15-11-10-12-16-20/h10-12,15-16H,1-9,13-14,17-19H2. The van der Waals surface area contributed by atoms with Crippen LogP contribution in [-0.2, 0) is 16.1 Å². The van der Waals surface area contributed by atoms with Gasteiger partial charge in [0.2, 0.25) is 5.24 Å². The van der Waals surface area contributed by atoms with Gasteiger partial charge in [-0.25, -0.2) is 0 Å². The summed E-state index contributed by atoms with van der Waals surface area (Å²) < 4.78 is 5.70. The third-order valence-electron chi connectivity index (χ3n) is 4.27. The van der Waals surface area contributed by atoms with E-state index in [4.69, 9.17) is 16.3 Å². The van der Waals surface area contributed by atoms with Crippen molar-refractivity contribution < 1.29 is 9.53 Å². The molecule has 0 aliphatic rings. The second kappa shape index (κ2) is 15.7. The molecular formula is C21H33ClO2. The Labute approximate surface area is 152 Å². The first kappa shape index (κ1) is 21.2. The lowest BCUT2D eigenvalue weighted by Gasteiger charge is -2.05. The van der Waals surface area contributed by atoms with Gasteiger partial charge in [-0.2, -0.15) is 0 Å². The van der Waals surface area contributed by atoms with E-state index in [1.807, 2.05) is 6.07 Å². The maximum atomic E-state index is 10.6. The minimum atomic E-state index is -0.194. The monoisotopic (exact) mass is 352 g/mol. The number of carbonyl (C=O) groups excluding carboxylic acids is 1. The van der Waals surface area contributed by atoms with Crippen LogP contribution in [-0.4, -0.2) is 11.8 Å². The van der Waals surface area contributed by atoms with Crippen LogP contribution in [0.15, 0.2) is 30.3 Å². The van der Waals surface area contributed by atoms with E-state index in [9.17, 15) is 4.79 Å². The van der Waals surface area contributed by atoms with E-state index in [1.165, 1.54) is 63.4 Å². The average Bonchev–Trinajstić information content (AvgIpc) is 2.59. The first-order chi connectivity index (χ1) is 11.8. The normalized spacial score (nSPS) is 10.9. The van der Waals surface area contributed by atoms with Gasteiger partial charge in [-0.05, 0) is 30.0 Å². The molecule has 0 atom stereocenters. The van der Waals surface area contributed by atoms with Gasteiger partial charge in [0, 0.05) is 13.0 Å². The fraction of sp³-hybridized carbons (Fsp3) is 0.667. The lowest BCUT2D eigenvalue weighted by atomic mass is 10.1. The molecule has 2 nitrogen and oxygen atoms in total. The van der Waals surface area contributed by atoms with Gasteiger partial charge in [0.05, 0.1) is 6.61 Å². The number of ether oxygens (including phenoxy) is 1. The Morgan fingerprint density at radius 3 is 1.79 bits per heavy atom. The Hall–Kier alpha value is -0.860. The van der Waals surface area contributed by atoms with Gasteiger partial charge in [-0.15, -0.1) is 0 Å². The summed E-state index contributed by atoms with van der Waals surface area (Å²) in [7, 11) is 0. The predicted octanol–water partition coefficient (Wildman–Crippen LogP) is 6.65. The number of unbranched alkanes of at least 4 members (excludes halogenated alkanes) is 10. The van der Waals surface area contributed by atoms with Crippen LogP contribution in [0.5, 0.6) is 0 Å². The van der Waals surface area contributed by atoms with E-state index < -0.39 is 0 Å². The summed E-state index contributed by atoms with van der Waals surface area (Å²) in [6.07, 6.45) is 14.3. The molecule has 0 aliphatic carbocycles. The SMILES string of the molecule is O=C(Cl)CCCCCCCCCCCCCOCc1ccccc1. The number of rotatable bonds is 16. The Kier molecular flexibility index (Phi) is 13.8. The molecule has 24 heavy (non-hydrogen) atoms. The van der Waals surface area contributed by atoms with Crippen LogP contribution in [0.3, 0.4) is 0 Å². The molecule has 1 rings (SSSR count). The highest BCUT2D eigenvalue weighted by atomic mass is 35.5. The summed E-state index contributed by atoms with van der Waals surface area (Å²) in [5.41, 5.74) is 1.26. The largest absolute Gasteiger partial charge is 0.377 e. The summed E-state index contributed by atoms with van der Waals surface area (Å²) in [6, 6.07) is 10.4. The molecule has 0 heterocycles. The average molecular weight is 353 g/mol. The van der Waals surface area contributed by atoms with Crippen LogP contribution in [0.4, 0.5) is 0 Å². The fourth-order valence-electron chi connectivity index (χ4n) is 2.82. The number of benzene rings is 1. The molecule has 0 N–H and O–H groups in total. The molecule has 0 saturated heterocycles. The number of carbonyl (C=O) groups is 1. The summed E-state index contributed by atoms with van der Waals surface area (Å²) in [5.74, 6) is 0. The molecule has 1 aromatic rings.